The van der Waals surface area contributed by atoms with Gasteiger partial charge in [-0.1, -0.05) is 12.1 Å². The van der Waals surface area contributed by atoms with Gasteiger partial charge in [-0.3, -0.25) is 9.52 Å². The molecule has 7 heteroatoms. The lowest BCUT2D eigenvalue weighted by Crippen LogP contribution is -2.35. The van der Waals surface area contributed by atoms with Crippen LogP contribution in [0, 0.1) is 6.92 Å². The minimum atomic E-state index is -3.58. The number of nitrogens with one attached hydrogen (secondary N) is 1. The fourth-order valence-corrected chi connectivity index (χ4v) is 4.69. The largest absolute Gasteiger partial charge is 0.312 e. The lowest BCUT2D eigenvalue weighted by molar-refractivity contribution is -0.119. The van der Waals surface area contributed by atoms with Crippen LogP contribution < -0.4 is 9.62 Å². The molecule has 0 aliphatic carbocycles. The topological polar surface area (TPSA) is 66.5 Å². The molecule has 2 heterocycles. The number of nitrogens with zero attached hydrogens (tertiary/aromatic N) is 1. The standard InChI is InChI=1S/C16H18N2O3S2/c1-12-7-8-13(17-23(20,21)16-6-4-10-22-16)11-14(12)18-9-3-2-5-15(18)19/h4,6-8,10-11,17H,2-3,5,9H2,1H3. The van der Waals surface area contributed by atoms with Gasteiger partial charge >= 0.3 is 0 Å². The predicted molar refractivity (Wildman–Crippen MR) is 92.5 cm³/mol. The number of sulfonamides is 1. The SMILES string of the molecule is Cc1ccc(NS(=O)(=O)c2cccs2)cc1N1CCCCC1=O. The highest BCUT2D eigenvalue weighted by atomic mass is 32.2. The van der Waals surface area contributed by atoms with Crippen molar-refractivity contribution in [2.24, 2.45) is 0 Å². The van der Waals surface area contributed by atoms with Crippen LogP contribution in [0.25, 0.3) is 0 Å². The molecule has 5 nitrogen and oxygen atoms in total. The van der Waals surface area contributed by atoms with Crippen molar-refractivity contribution >= 4 is 38.6 Å². The van der Waals surface area contributed by atoms with Crippen molar-refractivity contribution in [3.8, 4) is 0 Å². The van der Waals surface area contributed by atoms with Gasteiger partial charge in [-0.2, -0.15) is 0 Å². The first kappa shape index (κ1) is 16.0. The summed E-state index contributed by atoms with van der Waals surface area (Å²) in [4.78, 5) is 13.9. The Morgan fingerprint density at radius 1 is 1.22 bits per heavy atom. The number of thiophene rings is 1. The number of piperidine rings is 1. The molecule has 1 amide bonds. The van der Waals surface area contributed by atoms with E-state index in [4.69, 9.17) is 0 Å². The second-order valence-electron chi connectivity index (χ2n) is 5.54. The van der Waals surface area contributed by atoms with Gasteiger partial charge in [0.05, 0.1) is 5.69 Å². The Morgan fingerprint density at radius 3 is 2.74 bits per heavy atom. The molecule has 1 aliphatic heterocycles. The molecule has 122 valence electrons. The molecule has 1 aromatic heterocycles. The van der Waals surface area contributed by atoms with E-state index in [1.54, 1.807) is 34.5 Å². The first-order chi connectivity index (χ1) is 11.0. The molecule has 1 saturated heterocycles. The molecule has 0 spiro atoms. The van der Waals surface area contributed by atoms with Gasteiger partial charge in [-0.15, -0.1) is 11.3 Å². The summed E-state index contributed by atoms with van der Waals surface area (Å²) in [6, 6.07) is 8.56. The average Bonchev–Trinajstić information content (AvgIpc) is 3.05. The molecule has 2 aromatic rings. The van der Waals surface area contributed by atoms with Crippen molar-refractivity contribution in [2.45, 2.75) is 30.4 Å². The highest BCUT2D eigenvalue weighted by Gasteiger charge is 2.22. The van der Waals surface area contributed by atoms with Gasteiger partial charge in [0.15, 0.2) is 0 Å². The zero-order valence-corrected chi connectivity index (χ0v) is 14.4. The van der Waals surface area contributed by atoms with Crippen LogP contribution in [-0.4, -0.2) is 20.9 Å². The maximum atomic E-state index is 12.3. The van der Waals surface area contributed by atoms with Gasteiger partial charge in [-0.05, 0) is 48.9 Å². The summed E-state index contributed by atoms with van der Waals surface area (Å²) >= 11 is 1.17. The summed E-state index contributed by atoms with van der Waals surface area (Å²) in [5.74, 6) is 0.0950. The molecule has 23 heavy (non-hydrogen) atoms. The Balaban J connectivity index is 1.90. The molecule has 0 atom stereocenters. The van der Waals surface area contributed by atoms with Crippen LogP contribution in [0.1, 0.15) is 24.8 Å². The fraction of sp³-hybridized carbons (Fsp3) is 0.312. The molecule has 3 rings (SSSR count). The van der Waals surface area contributed by atoms with E-state index in [1.807, 2.05) is 13.0 Å². The Morgan fingerprint density at radius 2 is 2.04 bits per heavy atom. The van der Waals surface area contributed by atoms with Gasteiger partial charge in [0.25, 0.3) is 10.0 Å². The third-order valence-corrected chi connectivity index (χ3v) is 6.61. The highest BCUT2D eigenvalue weighted by molar-refractivity contribution is 7.94. The van der Waals surface area contributed by atoms with E-state index >= 15 is 0 Å². The zero-order chi connectivity index (χ0) is 16.4. The number of hydrogen-bond acceptors (Lipinski definition) is 4. The van der Waals surface area contributed by atoms with Crippen molar-refractivity contribution in [1.82, 2.24) is 0 Å². The number of anilines is 2. The molecule has 0 unspecified atom stereocenters. The van der Waals surface area contributed by atoms with Gasteiger partial charge in [0.1, 0.15) is 4.21 Å². The number of hydrogen-bond donors (Lipinski definition) is 1. The van der Waals surface area contributed by atoms with Crippen LogP contribution >= 0.6 is 11.3 Å². The summed E-state index contributed by atoms with van der Waals surface area (Å²) < 4.78 is 27.5. The van der Waals surface area contributed by atoms with Crippen LogP contribution in [0.3, 0.4) is 0 Å². The Labute approximate surface area is 140 Å². The number of amides is 1. The number of carbonyl (C=O) groups is 1. The first-order valence-corrected chi connectivity index (χ1v) is 9.81. The van der Waals surface area contributed by atoms with Crippen molar-refractivity contribution in [3.63, 3.8) is 0 Å². The van der Waals surface area contributed by atoms with Crippen molar-refractivity contribution in [3.05, 3.63) is 41.3 Å². The molecule has 0 bridgehead atoms. The van der Waals surface area contributed by atoms with Crippen molar-refractivity contribution in [1.29, 1.82) is 0 Å². The van der Waals surface area contributed by atoms with Crippen LogP contribution in [0.2, 0.25) is 0 Å². The number of aryl methyl sites for hydroxylation is 1. The van der Waals surface area contributed by atoms with Gasteiger partial charge in [0, 0.05) is 18.7 Å². The van der Waals surface area contributed by atoms with E-state index in [0.29, 0.717) is 18.7 Å². The summed E-state index contributed by atoms with van der Waals surface area (Å²) in [6.45, 7) is 2.61. The average molecular weight is 350 g/mol. The lowest BCUT2D eigenvalue weighted by Gasteiger charge is -2.28. The van der Waals surface area contributed by atoms with Crippen molar-refractivity contribution in [2.75, 3.05) is 16.2 Å². The summed E-state index contributed by atoms with van der Waals surface area (Å²) in [7, 11) is -3.58. The zero-order valence-electron chi connectivity index (χ0n) is 12.8. The van der Waals surface area contributed by atoms with Crippen LogP contribution in [-0.2, 0) is 14.8 Å². The minimum absolute atomic E-state index is 0.0950. The van der Waals surface area contributed by atoms with Gasteiger partial charge < -0.3 is 4.90 Å². The second-order valence-corrected chi connectivity index (χ2v) is 8.40. The molecular formula is C16H18N2O3S2. The Hall–Kier alpha value is -1.86. The first-order valence-electron chi connectivity index (χ1n) is 7.45. The maximum absolute atomic E-state index is 12.3. The molecule has 1 aliphatic rings. The van der Waals surface area contributed by atoms with E-state index < -0.39 is 10.0 Å². The van der Waals surface area contributed by atoms with Crippen LogP contribution in [0.5, 0.6) is 0 Å². The van der Waals surface area contributed by atoms with Gasteiger partial charge in [-0.25, -0.2) is 8.42 Å². The third-order valence-electron chi connectivity index (χ3n) is 3.84. The van der Waals surface area contributed by atoms with Crippen LogP contribution in [0.15, 0.2) is 39.9 Å². The highest BCUT2D eigenvalue weighted by Crippen LogP contribution is 2.29. The number of benzene rings is 1. The molecule has 0 saturated carbocycles. The molecular weight excluding hydrogens is 332 g/mol. The van der Waals surface area contributed by atoms with Crippen LogP contribution in [0.4, 0.5) is 11.4 Å². The number of carbonyl (C=O) groups excluding carboxylic acids is 1. The summed E-state index contributed by atoms with van der Waals surface area (Å²) in [6.07, 6.45) is 2.43. The quantitative estimate of drug-likeness (QED) is 0.919. The summed E-state index contributed by atoms with van der Waals surface area (Å²) in [5, 5.41) is 1.72. The molecule has 1 N–H and O–H groups in total. The van der Waals surface area contributed by atoms with E-state index in [1.165, 1.54) is 11.3 Å². The maximum Gasteiger partial charge on any atom is 0.271 e. The monoisotopic (exact) mass is 350 g/mol. The third kappa shape index (κ3) is 3.40. The smallest absolute Gasteiger partial charge is 0.271 e. The normalized spacial score (nSPS) is 15.7. The fourth-order valence-electron chi connectivity index (χ4n) is 2.65. The van der Waals surface area contributed by atoms with Gasteiger partial charge in [0.2, 0.25) is 5.91 Å². The molecule has 0 radical (unpaired) electrons. The van der Waals surface area contributed by atoms with E-state index in [9.17, 15) is 13.2 Å². The van der Waals surface area contributed by atoms with E-state index in [-0.39, 0.29) is 10.1 Å². The van der Waals surface area contributed by atoms with E-state index in [2.05, 4.69) is 4.72 Å². The van der Waals surface area contributed by atoms with Crippen molar-refractivity contribution < 1.29 is 13.2 Å². The minimum Gasteiger partial charge on any atom is -0.312 e. The molecule has 1 fully saturated rings. The molecule has 1 aromatic carbocycles. The number of rotatable bonds is 4. The Bertz CT molecular complexity index is 814. The van der Waals surface area contributed by atoms with E-state index in [0.717, 1.165) is 24.1 Å². The lowest BCUT2D eigenvalue weighted by atomic mass is 10.1. The Kier molecular flexibility index (Phi) is 4.41. The predicted octanol–water partition coefficient (Wildman–Crippen LogP) is 3.37. The summed E-state index contributed by atoms with van der Waals surface area (Å²) in [5.41, 5.74) is 2.21. The second kappa shape index (κ2) is 6.33.